The molecule has 24 heavy (non-hydrogen) atoms. The first-order valence-corrected chi connectivity index (χ1v) is 8.76. The number of carbonyl (C=O) groups excluding carboxylic acids is 1. The Labute approximate surface area is 141 Å². The highest BCUT2D eigenvalue weighted by Gasteiger charge is 2.59. The number of nitro groups is 1. The predicted molar refractivity (Wildman–Crippen MR) is 88.5 cm³/mol. The number of nitro benzene ring substituents is 1. The Hall–Kier alpha value is -1.91. The van der Waals surface area contributed by atoms with Crippen LogP contribution < -0.4 is 0 Å². The van der Waals surface area contributed by atoms with Crippen LogP contribution >= 0.6 is 0 Å². The summed E-state index contributed by atoms with van der Waals surface area (Å²) in [5.41, 5.74) is 0.967. The first-order chi connectivity index (χ1) is 11.5. The molecule has 5 nitrogen and oxygen atoms in total. The highest BCUT2D eigenvalue weighted by atomic mass is 16.6. The monoisotopic (exact) mass is 329 g/mol. The summed E-state index contributed by atoms with van der Waals surface area (Å²) in [6.45, 7) is 0. The topological polar surface area (TPSA) is 69.4 Å². The Kier molecular flexibility index (Phi) is 3.44. The van der Waals surface area contributed by atoms with Crippen LogP contribution in [0.4, 0.5) is 5.69 Å². The molecule has 1 aromatic rings. The lowest BCUT2D eigenvalue weighted by Crippen LogP contribution is -2.54. The summed E-state index contributed by atoms with van der Waals surface area (Å²) >= 11 is 0. The normalized spacial score (nSPS) is 36.5. The maximum Gasteiger partial charge on any atom is 0.306 e. The molecule has 0 saturated heterocycles. The predicted octanol–water partition coefficient (Wildman–Crippen LogP) is 4.00. The number of carbonyl (C=O) groups is 1. The number of para-hydroxylation sites is 1. The van der Waals surface area contributed by atoms with E-state index in [1.807, 2.05) is 12.1 Å². The molecule has 2 atom stereocenters. The number of ether oxygens (including phenoxy) is 1. The number of nitrogens with zero attached hydrogens (tertiary/aromatic N) is 1. The Morgan fingerprint density at radius 1 is 1.25 bits per heavy atom. The summed E-state index contributed by atoms with van der Waals surface area (Å²) < 4.78 is 4.94. The molecule has 0 amide bonds. The average Bonchev–Trinajstić information content (AvgIpc) is 2.53. The molecule has 4 saturated carbocycles. The molecule has 0 radical (unpaired) electrons. The summed E-state index contributed by atoms with van der Waals surface area (Å²) in [4.78, 5) is 23.3. The average molecular weight is 329 g/mol. The van der Waals surface area contributed by atoms with Gasteiger partial charge in [-0.05, 0) is 55.8 Å². The van der Waals surface area contributed by atoms with Gasteiger partial charge in [-0.15, -0.1) is 0 Å². The van der Waals surface area contributed by atoms with Crippen molar-refractivity contribution in [3.8, 4) is 0 Å². The van der Waals surface area contributed by atoms with E-state index in [9.17, 15) is 14.9 Å². The van der Waals surface area contributed by atoms with Crippen LogP contribution in [0.2, 0.25) is 0 Å². The van der Waals surface area contributed by atoms with Crippen LogP contribution in [-0.2, 0) is 14.9 Å². The SMILES string of the molecule is COC(=O)CC12CC3CC(C1)CC(c1ccccc1[N+](=O)[O-])(C3)C2. The molecule has 128 valence electrons. The number of methoxy groups -OCH3 is 1. The lowest BCUT2D eigenvalue weighted by atomic mass is 9.42. The van der Waals surface area contributed by atoms with Crippen molar-refractivity contribution in [1.82, 2.24) is 0 Å². The van der Waals surface area contributed by atoms with Gasteiger partial charge in [-0.25, -0.2) is 0 Å². The zero-order chi connectivity index (χ0) is 16.9. The van der Waals surface area contributed by atoms with Crippen LogP contribution in [0.15, 0.2) is 24.3 Å². The van der Waals surface area contributed by atoms with E-state index in [4.69, 9.17) is 4.74 Å². The summed E-state index contributed by atoms with van der Waals surface area (Å²) in [6, 6.07) is 7.22. The van der Waals surface area contributed by atoms with Crippen LogP contribution in [-0.4, -0.2) is 18.0 Å². The lowest BCUT2D eigenvalue weighted by molar-refractivity contribution is -0.386. The Morgan fingerprint density at radius 2 is 1.92 bits per heavy atom. The van der Waals surface area contributed by atoms with Gasteiger partial charge in [0.2, 0.25) is 0 Å². The van der Waals surface area contributed by atoms with Gasteiger partial charge in [0.05, 0.1) is 18.5 Å². The minimum absolute atomic E-state index is 0.0269. The largest absolute Gasteiger partial charge is 0.469 e. The van der Waals surface area contributed by atoms with E-state index in [1.54, 1.807) is 12.1 Å². The molecule has 4 aliphatic rings. The van der Waals surface area contributed by atoms with Crippen LogP contribution in [0, 0.1) is 27.4 Å². The molecule has 0 N–H and O–H groups in total. The fourth-order valence-corrected chi connectivity index (χ4v) is 6.43. The van der Waals surface area contributed by atoms with E-state index >= 15 is 0 Å². The minimum Gasteiger partial charge on any atom is -0.469 e. The minimum atomic E-state index is -0.249. The van der Waals surface area contributed by atoms with Crippen molar-refractivity contribution >= 4 is 11.7 Å². The van der Waals surface area contributed by atoms with Crippen molar-refractivity contribution < 1.29 is 14.5 Å². The van der Waals surface area contributed by atoms with E-state index < -0.39 is 0 Å². The van der Waals surface area contributed by atoms with Gasteiger partial charge in [-0.2, -0.15) is 0 Å². The van der Waals surface area contributed by atoms with Gasteiger partial charge in [-0.1, -0.05) is 18.2 Å². The van der Waals surface area contributed by atoms with E-state index in [2.05, 4.69) is 0 Å². The quantitative estimate of drug-likeness (QED) is 0.476. The van der Waals surface area contributed by atoms with Crippen LogP contribution in [0.25, 0.3) is 0 Å². The van der Waals surface area contributed by atoms with Crippen LogP contribution in [0.5, 0.6) is 0 Å². The maximum atomic E-state index is 12.0. The van der Waals surface area contributed by atoms with Crippen LogP contribution in [0.1, 0.15) is 50.5 Å². The van der Waals surface area contributed by atoms with Crippen molar-refractivity contribution in [2.24, 2.45) is 17.3 Å². The zero-order valence-corrected chi connectivity index (χ0v) is 14.0. The lowest BCUT2D eigenvalue weighted by Gasteiger charge is -2.62. The smallest absolute Gasteiger partial charge is 0.306 e. The van der Waals surface area contributed by atoms with Crippen molar-refractivity contribution in [3.05, 3.63) is 39.9 Å². The fourth-order valence-electron chi connectivity index (χ4n) is 6.43. The zero-order valence-electron chi connectivity index (χ0n) is 14.0. The molecule has 4 aliphatic carbocycles. The summed E-state index contributed by atoms with van der Waals surface area (Å²) in [5.74, 6) is 1.01. The van der Waals surface area contributed by atoms with Crippen molar-refractivity contribution in [3.63, 3.8) is 0 Å². The summed E-state index contributed by atoms with van der Waals surface area (Å²) in [6.07, 6.45) is 6.74. The van der Waals surface area contributed by atoms with Gasteiger partial charge in [0.15, 0.2) is 0 Å². The van der Waals surface area contributed by atoms with E-state index in [1.165, 1.54) is 13.5 Å². The van der Waals surface area contributed by atoms with Crippen molar-refractivity contribution in [2.45, 2.75) is 50.4 Å². The molecule has 5 rings (SSSR count). The second-order valence-corrected chi connectivity index (χ2v) is 8.27. The molecule has 4 bridgehead atoms. The summed E-state index contributed by atoms with van der Waals surface area (Å²) in [5, 5.41) is 11.6. The fraction of sp³-hybridized carbons (Fsp3) is 0.632. The second kappa shape index (κ2) is 5.30. The number of hydrogen-bond donors (Lipinski definition) is 0. The van der Waals surface area contributed by atoms with Gasteiger partial charge in [0, 0.05) is 17.0 Å². The highest BCUT2D eigenvalue weighted by Crippen LogP contribution is 2.67. The molecule has 1 aromatic carbocycles. The Bertz CT molecular complexity index is 684. The number of benzene rings is 1. The molecule has 0 aromatic heterocycles. The van der Waals surface area contributed by atoms with E-state index in [-0.39, 0.29) is 27.4 Å². The molecular weight excluding hydrogens is 306 g/mol. The third-order valence-electron chi connectivity index (χ3n) is 6.60. The van der Waals surface area contributed by atoms with Gasteiger partial charge < -0.3 is 4.74 Å². The van der Waals surface area contributed by atoms with Gasteiger partial charge in [0.1, 0.15) is 0 Å². The molecular formula is C19H23NO4. The third-order valence-corrected chi connectivity index (χ3v) is 6.60. The molecule has 2 unspecified atom stereocenters. The Balaban J connectivity index is 1.76. The van der Waals surface area contributed by atoms with E-state index in [0.717, 1.165) is 37.7 Å². The van der Waals surface area contributed by atoms with Gasteiger partial charge >= 0.3 is 5.97 Å². The second-order valence-electron chi connectivity index (χ2n) is 8.27. The molecule has 0 heterocycles. The number of rotatable bonds is 4. The molecule has 0 spiro atoms. The molecule has 4 fully saturated rings. The Morgan fingerprint density at radius 3 is 2.54 bits per heavy atom. The summed E-state index contributed by atoms with van der Waals surface area (Å²) in [7, 11) is 1.45. The van der Waals surface area contributed by atoms with Crippen LogP contribution in [0.3, 0.4) is 0 Å². The maximum absolute atomic E-state index is 12.0. The number of esters is 1. The molecule has 5 heteroatoms. The van der Waals surface area contributed by atoms with Gasteiger partial charge in [-0.3, -0.25) is 14.9 Å². The van der Waals surface area contributed by atoms with E-state index in [0.29, 0.717) is 18.3 Å². The number of hydrogen-bond acceptors (Lipinski definition) is 4. The van der Waals surface area contributed by atoms with Gasteiger partial charge in [0.25, 0.3) is 5.69 Å². The highest BCUT2D eigenvalue weighted by molar-refractivity contribution is 5.70. The first kappa shape index (κ1) is 15.6. The molecule has 0 aliphatic heterocycles. The third kappa shape index (κ3) is 2.33. The first-order valence-electron chi connectivity index (χ1n) is 8.76. The van der Waals surface area contributed by atoms with Crippen molar-refractivity contribution in [2.75, 3.05) is 7.11 Å². The van der Waals surface area contributed by atoms with Crippen molar-refractivity contribution in [1.29, 1.82) is 0 Å². The standard InChI is InChI=1S/C19H23NO4/c1-24-17(21)11-18-7-13-6-14(8-18)10-19(9-13,12-18)15-4-2-3-5-16(15)20(22)23/h2-5,13-14H,6-12H2,1H3.